The fraction of sp³-hybridized carbons (Fsp3) is 0.154. The number of carbonyl (C=O) groups excluding carboxylic acids is 1. The van der Waals surface area contributed by atoms with E-state index in [1.807, 2.05) is 36.4 Å². The molecule has 0 radical (unpaired) electrons. The van der Waals surface area contributed by atoms with Crippen molar-refractivity contribution in [1.29, 1.82) is 0 Å². The van der Waals surface area contributed by atoms with Crippen molar-refractivity contribution in [2.75, 3.05) is 5.75 Å². The van der Waals surface area contributed by atoms with Crippen molar-refractivity contribution in [3.63, 3.8) is 0 Å². The van der Waals surface area contributed by atoms with Crippen molar-refractivity contribution in [3.8, 4) is 0 Å². The van der Waals surface area contributed by atoms with Gasteiger partial charge in [0.25, 0.3) is 0 Å². The van der Waals surface area contributed by atoms with E-state index in [1.54, 1.807) is 11.8 Å². The van der Waals surface area contributed by atoms with Crippen molar-refractivity contribution >= 4 is 56.4 Å². The Bertz CT molecular complexity index is 553. The number of carbonyl (C=O) groups is 1. The maximum atomic E-state index is 11.9. The third-order valence-corrected chi connectivity index (χ3v) is 5.31. The summed E-state index contributed by atoms with van der Waals surface area (Å²) in [5, 5.41) is 0.760. The molecule has 1 aromatic carbocycles. The number of rotatable bonds is 5. The smallest absolute Gasteiger partial charge is 0.182 e. The summed E-state index contributed by atoms with van der Waals surface area (Å²) in [5.41, 5.74) is 1.07. The summed E-state index contributed by atoms with van der Waals surface area (Å²) in [6.45, 7) is 0. The Morgan fingerprint density at radius 1 is 1.28 bits per heavy atom. The SMILES string of the molecule is O=C(CSCc1ccccc1Cl)c1ccc(Br)s1. The lowest BCUT2D eigenvalue weighted by Gasteiger charge is -2.02. The number of hydrogen-bond donors (Lipinski definition) is 0. The Hall–Kier alpha value is -0.290. The molecule has 94 valence electrons. The summed E-state index contributed by atoms with van der Waals surface area (Å²) in [5.74, 6) is 1.42. The van der Waals surface area contributed by atoms with Crippen LogP contribution in [0.25, 0.3) is 0 Å². The Kier molecular flexibility index (Phi) is 5.30. The van der Waals surface area contributed by atoms with E-state index in [0.717, 1.165) is 25.0 Å². The molecule has 0 N–H and O–H groups in total. The molecule has 0 aliphatic carbocycles. The Labute approximate surface area is 128 Å². The van der Waals surface area contributed by atoms with Crippen LogP contribution in [0, 0.1) is 0 Å². The molecule has 0 saturated carbocycles. The first-order valence-corrected chi connectivity index (χ1v) is 8.40. The molecule has 18 heavy (non-hydrogen) atoms. The lowest BCUT2D eigenvalue weighted by molar-refractivity contribution is 0.102. The Morgan fingerprint density at radius 3 is 2.72 bits per heavy atom. The van der Waals surface area contributed by atoms with Crippen molar-refractivity contribution in [3.05, 3.63) is 55.6 Å². The zero-order valence-corrected chi connectivity index (χ0v) is 13.3. The summed E-state index contributed by atoms with van der Waals surface area (Å²) in [7, 11) is 0. The van der Waals surface area contributed by atoms with Gasteiger partial charge in [0, 0.05) is 10.8 Å². The van der Waals surface area contributed by atoms with E-state index in [0.29, 0.717) is 5.75 Å². The number of thioether (sulfide) groups is 1. The summed E-state index contributed by atoms with van der Waals surface area (Å²) in [4.78, 5) is 12.7. The first-order chi connectivity index (χ1) is 8.66. The number of ketones is 1. The topological polar surface area (TPSA) is 17.1 Å². The van der Waals surface area contributed by atoms with Gasteiger partial charge in [0.15, 0.2) is 5.78 Å². The lowest BCUT2D eigenvalue weighted by atomic mass is 10.2. The van der Waals surface area contributed by atoms with Gasteiger partial charge in [-0.2, -0.15) is 0 Å². The van der Waals surface area contributed by atoms with Gasteiger partial charge in [-0.05, 0) is 39.7 Å². The molecule has 0 saturated heterocycles. The molecule has 0 unspecified atom stereocenters. The van der Waals surface area contributed by atoms with Crippen LogP contribution >= 0.6 is 50.6 Å². The predicted octanol–water partition coefficient (Wildman–Crippen LogP) is 5.28. The molecule has 2 aromatic rings. The van der Waals surface area contributed by atoms with Gasteiger partial charge >= 0.3 is 0 Å². The van der Waals surface area contributed by atoms with Crippen LogP contribution in [0.5, 0.6) is 0 Å². The summed E-state index contributed by atoms with van der Waals surface area (Å²) in [6.07, 6.45) is 0. The van der Waals surface area contributed by atoms with Gasteiger partial charge in [0.2, 0.25) is 0 Å². The van der Waals surface area contributed by atoms with Crippen LogP contribution in [-0.2, 0) is 5.75 Å². The molecule has 2 rings (SSSR count). The summed E-state index contributed by atoms with van der Waals surface area (Å²) >= 11 is 12.5. The van der Waals surface area contributed by atoms with Crippen molar-refractivity contribution < 1.29 is 4.79 Å². The van der Waals surface area contributed by atoms with E-state index in [4.69, 9.17) is 11.6 Å². The van der Waals surface area contributed by atoms with Crippen LogP contribution in [0.1, 0.15) is 15.2 Å². The van der Waals surface area contributed by atoms with Crippen LogP contribution in [0.4, 0.5) is 0 Å². The van der Waals surface area contributed by atoms with E-state index in [2.05, 4.69) is 15.9 Å². The Morgan fingerprint density at radius 2 is 2.06 bits per heavy atom. The predicted molar refractivity (Wildman–Crippen MR) is 84.0 cm³/mol. The van der Waals surface area contributed by atoms with Crippen LogP contribution in [0.3, 0.4) is 0 Å². The number of halogens is 2. The highest BCUT2D eigenvalue weighted by Crippen LogP contribution is 2.25. The van der Waals surface area contributed by atoms with E-state index in [9.17, 15) is 4.79 Å². The first kappa shape index (κ1) is 14.1. The van der Waals surface area contributed by atoms with Gasteiger partial charge in [0.1, 0.15) is 0 Å². The third kappa shape index (κ3) is 3.85. The van der Waals surface area contributed by atoms with Gasteiger partial charge in [0.05, 0.1) is 14.4 Å². The Balaban J connectivity index is 1.86. The average molecular weight is 362 g/mol. The molecule has 0 amide bonds. The molecule has 0 bridgehead atoms. The first-order valence-electron chi connectivity index (χ1n) is 5.26. The maximum Gasteiger partial charge on any atom is 0.182 e. The highest BCUT2D eigenvalue weighted by Gasteiger charge is 2.09. The van der Waals surface area contributed by atoms with Crippen molar-refractivity contribution in [2.45, 2.75) is 5.75 Å². The molecular weight excluding hydrogens is 352 g/mol. The highest BCUT2D eigenvalue weighted by atomic mass is 79.9. The molecular formula is C13H10BrClOS2. The second-order valence-corrected chi connectivity index (χ2v) is 7.47. The minimum absolute atomic E-state index is 0.169. The monoisotopic (exact) mass is 360 g/mol. The second-order valence-electron chi connectivity index (χ2n) is 3.61. The van der Waals surface area contributed by atoms with E-state index >= 15 is 0 Å². The summed E-state index contributed by atoms with van der Waals surface area (Å²) in [6, 6.07) is 11.5. The standard InChI is InChI=1S/C13H10BrClOS2/c14-13-6-5-12(18-13)11(16)8-17-7-9-3-1-2-4-10(9)15/h1-6H,7-8H2. The molecule has 0 aliphatic heterocycles. The highest BCUT2D eigenvalue weighted by molar-refractivity contribution is 9.11. The van der Waals surface area contributed by atoms with Gasteiger partial charge < -0.3 is 0 Å². The minimum atomic E-state index is 0.169. The number of Topliss-reactive ketones (excluding diaryl/α,β-unsaturated/α-hetero) is 1. The van der Waals surface area contributed by atoms with Crippen molar-refractivity contribution in [1.82, 2.24) is 0 Å². The summed E-state index contributed by atoms with van der Waals surface area (Å²) < 4.78 is 0.988. The quantitative estimate of drug-likeness (QED) is 0.674. The molecule has 0 aliphatic rings. The second kappa shape index (κ2) is 6.75. The zero-order valence-electron chi connectivity index (χ0n) is 9.36. The van der Waals surface area contributed by atoms with E-state index in [-0.39, 0.29) is 5.78 Å². The molecule has 1 nitrogen and oxygen atoms in total. The molecule has 0 atom stereocenters. The minimum Gasteiger partial charge on any atom is -0.292 e. The number of thiophene rings is 1. The molecule has 0 fully saturated rings. The van der Waals surface area contributed by atoms with Crippen LogP contribution in [0.2, 0.25) is 5.02 Å². The normalized spacial score (nSPS) is 10.6. The van der Waals surface area contributed by atoms with Gasteiger partial charge in [-0.15, -0.1) is 23.1 Å². The maximum absolute atomic E-state index is 11.9. The third-order valence-electron chi connectivity index (χ3n) is 2.30. The van der Waals surface area contributed by atoms with Crippen LogP contribution in [-0.4, -0.2) is 11.5 Å². The average Bonchev–Trinajstić information content (AvgIpc) is 2.78. The van der Waals surface area contributed by atoms with Crippen LogP contribution < -0.4 is 0 Å². The molecule has 1 heterocycles. The van der Waals surface area contributed by atoms with Crippen LogP contribution in [0.15, 0.2) is 40.2 Å². The zero-order chi connectivity index (χ0) is 13.0. The lowest BCUT2D eigenvalue weighted by Crippen LogP contribution is -1.99. The molecule has 1 aromatic heterocycles. The van der Waals surface area contributed by atoms with Gasteiger partial charge in [-0.3, -0.25) is 4.79 Å². The fourth-order valence-electron chi connectivity index (χ4n) is 1.40. The van der Waals surface area contributed by atoms with E-state index in [1.165, 1.54) is 11.3 Å². The van der Waals surface area contributed by atoms with Gasteiger partial charge in [-0.25, -0.2) is 0 Å². The van der Waals surface area contributed by atoms with E-state index < -0.39 is 0 Å². The fourth-order valence-corrected chi connectivity index (χ4v) is 4.02. The molecule has 5 heteroatoms. The van der Waals surface area contributed by atoms with Crippen molar-refractivity contribution in [2.24, 2.45) is 0 Å². The number of benzene rings is 1. The molecule has 0 spiro atoms. The number of hydrogen-bond acceptors (Lipinski definition) is 3. The van der Waals surface area contributed by atoms with Gasteiger partial charge in [-0.1, -0.05) is 29.8 Å². The largest absolute Gasteiger partial charge is 0.292 e.